The summed E-state index contributed by atoms with van der Waals surface area (Å²) in [6.07, 6.45) is 2.62. The lowest BCUT2D eigenvalue weighted by Crippen LogP contribution is -2.65. The Balaban J connectivity index is 0.871. The van der Waals surface area contributed by atoms with Crippen LogP contribution in [0.25, 0.3) is 0 Å². The van der Waals surface area contributed by atoms with Gasteiger partial charge in [0, 0.05) is 103 Å². The van der Waals surface area contributed by atoms with E-state index in [-0.39, 0.29) is 84.2 Å². The Morgan fingerprint density at radius 2 is 1.41 bits per heavy atom. The minimum absolute atomic E-state index is 0.0149. The van der Waals surface area contributed by atoms with Crippen molar-refractivity contribution in [2.75, 3.05) is 113 Å². The van der Waals surface area contributed by atoms with Crippen LogP contribution in [-0.2, 0) is 29.2 Å². The Hall–Kier alpha value is -4.39. The highest BCUT2D eigenvalue weighted by atomic mass is 35.5. The van der Waals surface area contributed by atoms with Gasteiger partial charge in [-0.2, -0.15) is 4.31 Å². The van der Waals surface area contributed by atoms with Gasteiger partial charge in [-0.25, -0.2) is 8.42 Å². The molecule has 0 radical (unpaired) electrons. The first-order chi connectivity index (χ1) is 26.8. The van der Waals surface area contributed by atoms with Crippen LogP contribution in [0.5, 0.6) is 5.75 Å². The molecule has 4 saturated heterocycles. The quantitative estimate of drug-likeness (QED) is 0.247. The van der Waals surface area contributed by atoms with Crippen molar-refractivity contribution >= 4 is 73.9 Å². The number of carbonyl (C=O) groups excluding carboxylic acids is 4. The molecule has 5 heterocycles. The number of carbonyl (C=O) groups is 4. The highest BCUT2D eigenvalue weighted by Gasteiger charge is 2.39. The maximum atomic E-state index is 13.5. The summed E-state index contributed by atoms with van der Waals surface area (Å²) in [7, 11) is -3.86. The lowest BCUT2D eigenvalue weighted by molar-refractivity contribution is -0.137. The van der Waals surface area contributed by atoms with Crippen LogP contribution in [0.2, 0.25) is 10.0 Å². The van der Waals surface area contributed by atoms with Gasteiger partial charge >= 0.3 is 0 Å². The van der Waals surface area contributed by atoms with Crippen molar-refractivity contribution in [2.24, 2.45) is 0 Å². The molecule has 2 aromatic carbocycles. The van der Waals surface area contributed by atoms with Gasteiger partial charge in [-0.15, -0.1) is 0 Å². The predicted octanol–water partition coefficient (Wildman–Crippen LogP) is 1.13. The number of rotatable bonds is 11. The summed E-state index contributed by atoms with van der Waals surface area (Å²) < 4.78 is 28.3. The van der Waals surface area contributed by atoms with Crippen molar-refractivity contribution < 1.29 is 32.7 Å². The number of piperazine rings is 2. The fourth-order valence-corrected chi connectivity index (χ4v) is 9.13. The van der Waals surface area contributed by atoms with Crippen LogP contribution in [0.15, 0.2) is 60.7 Å². The molecule has 19 heteroatoms. The van der Waals surface area contributed by atoms with E-state index < -0.39 is 10.0 Å². The zero-order chi connectivity index (χ0) is 39.7. The van der Waals surface area contributed by atoms with Crippen molar-refractivity contribution in [3.05, 3.63) is 70.7 Å². The first-order valence-electron chi connectivity index (χ1n) is 18.5. The molecular formula is C37H45Cl2N9O7S. The number of halogens is 2. The average molecular weight is 831 g/mol. The average Bonchev–Trinajstić information content (AvgIpc) is 3.14. The van der Waals surface area contributed by atoms with Gasteiger partial charge in [-0.3, -0.25) is 33.9 Å². The number of amides is 4. The summed E-state index contributed by atoms with van der Waals surface area (Å²) in [6, 6.07) is 10.3. The molecule has 4 fully saturated rings. The van der Waals surface area contributed by atoms with E-state index in [2.05, 4.69) is 21.7 Å². The molecule has 56 heavy (non-hydrogen) atoms. The number of phenolic OH excluding ortho intramolecular Hbond substituents is 1. The number of anilines is 3. The van der Waals surface area contributed by atoms with Crippen molar-refractivity contribution in [2.45, 2.75) is 12.1 Å². The zero-order valence-electron chi connectivity index (χ0n) is 30.8. The number of benzene rings is 2. The van der Waals surface area contributed by atoms with Crippen LogP contribution in [0, 0.1) is 0 Å². The van der Waals surface area contributed by atoms with E-state index in [1.54, 1.807) is 31.7 Å². The van der Waals surface area contributed by atoms with E-state index in [9.17, 15) is 32.7 Å². The van der Waals surface area contributed by atoms with Crippen molar-refractivity contribution in [1.29, 1.82) is 0 Å². The van der Waals surface area contributed by atoms with Gasteiger partial charge in [0.05, 0.1) is 52.1 Å². The van der Waals surface area contributed by atoms with Crippen LogP contribution in [0.4, 0.5) is 17.1 Å². The highest BCUT2D eigenvalue weighted by molar-refractivity contribution is 7.92. The zero-order valence-corrected chi connectivity index (χ0v) is 33.1. The maximum Gasteiger partial charge on any atom is 0.250 e. The Morgan fingerprint density at radius 1 is 0.821 bits per heavy atom. The van der Waals surface area contributed by atoms with E-state index in [4.69, 9.17) is 23.2 Å². The minimum atomic E-state index is -3.86. The molecule has 4 amide bonds. The highest BCUT2D eigenvalue weighted by Crippen LogP contribution is 2.35. The molecular weight excluding hydrogens is 785 g/mol. The standard InChI is InChI=1S/C37H45Cl2N9O7S/c1-2-34(50)45-20-26(21-45)41-7-9-43(10-8-41)36(52)24-44-25-37(53)48(32-6-4-3-5-31(32)44)15-16-56(54,55)47-13-11-42(12-14-47)27-22-46(23-27)35(51)19-40-30-17-28(38)29(39)18-33(30)49/h2-6,15-18,26-27,40,49H,1,7-14,19-25H2/b16-15+. The molecule has 0 saturated carbocycles. The van der Waals surface area contributed by atoms with Crippen molar-refractivity contribution in [3.8, 4) is 5.75 Å². The van der Waals surface area contributed by atoms with Crippen LogP contribution < -0.4 is 15.1 Å². The number of hydrogen-bond acceptors (Lipinski definition) is 11. The molecule has 0 bridgehead atoms. The molecule has 2 N–H and O–H groups in total. The summed E-state index contributed by atoms with van der Waals surface area (Å²) in [5, 5.41) is 14.5. The third-order valence-corrected chi connectivity index (χ3v) is 13.4. The fourth-order valence-electron chi connectivity index (χ4n) is 7.69. The summed E-state index contributed by atoms with van der Waals surface area (Å²) >= 11 is 11.9. The Labute approximate surface area is 336 Å². The van der Waals surface area contributed by atoms with Crippen LogP contribution in [0.1, 0.15) is 0 Å². The molecule has 0 aromatic heterocycles. The smallest absolute Gasteiger partial charge is 0.250 e. The largest absolute Gasteiger partial charge is 0.506 e. The number of sulfonamides is 1. The minimum Gasteiger partial charge on any atom is -0.506 e. The second-order valence-electron chi connectivity index (χ2n) is 14.5. The van der Waals surface area contributed by atoms with Gasteiger partial charge in [-0.05, 0) is 24.3 Å². The van der Waals surface area contributed by atoms with Gasteiger partial charge in [0.2, 0.25) is 27.7 Å². The summed E-state index contributed by atoms with van der Waals surface area (Å²) in [6.45, 7) is 9.82. The summed E-state index contributed by atoms with van der Waals surface area (Å²) in [5.74, 6) is -0.758. The van der Waals surface area contributed by atoms with E-state index in [1.807, 2.05) is 12.1 Å². The van der Waals surface area contributed by atoms with E-state index in [0.717, 1.165) is 5.41 Å². The monoisotopic (exact) mass is 829 g/mol. The van der Waals surface area contributed by atoms with Crippen LogP contribution >= 0.6 is 23.2 Å². The number of fused-ring (bicyclic) bond motifs is 1. The lowest BCUT2D eigenvalue weighted by atomic mass is 10.1. The molecule has 300 valence electrons. The molecule has 0 aliphatic carbocycles. The van der Waals surface area contributed by atoms with Gasteiger partial charge < -0.3 is 30.0 Å². The second kappa shape index (κ2) is 16.6. The Kier molecular flexibility index (Phi) is 11.8. The summed E-state index contributed by atoms with van der Waals surface area (Å²) in [4.78, 5) is 64.2. The molecule has 0 spiro atoms. The normalized spacial score (nSPS) is 20.5. The van der Waals surface area contributed by atoms with E-state index in [0.29, 0.717) is 82.5 Å². The fraction of sp³-hybridized carbons (Fsp3) is 0.459. The van der Waals surface area contributed by atoms with Gasteiger partial charge in [0.25, 0.3) is 5.91 Å². The Morgan fingerprint density at radius 3 is 2.05 bits per heavy atom. The second-order valence-corrected chi connectivity index (χ2v) is 17.1. The number of phenols is 1. The number of likely N-dealkylation sites (tertiary alicyclic amines) is 2. The Bertz CT molecular complexity index is 2010. The van der Waals surface area contributed by atoms with Gasteiger partial charge in [0.1, 0.15) is 5.75 Å². The molecule has 2 aromatic rings. The molecule has 5 aliphatic heterocycles. The van der Waals surface area contributed by atoms with Gasteiger partial charge in [-0.1, -0.05) is 41.9 Å². The molecule has 0 unspecified atom stereocenters. The van der Waals surface area contributed by atoms with E-state index >= 15 is 0 Å². The maximum absolute atomic E-state index is 13.5. The SMILES string of the molecule is C=CC(=O)N1CC(N2CCN(C(=O)CN3CC(=O)N(/C=C/S(=O)(=O)N4CCN(C5CN(C(=O)CNc6cc(Cl)c(Cl)cc6O)C5)CC4)c4ccccc43)CC2)C1. The van der Waals surface area contributed by atoms with Crippen LogP contribution in [0.3, 0.4) is 0 Å². The molecule has 0 atom stereocenters. The third kappa shape index (κ3) is 8.47. The van der Waals surface area contributed by atoms with Crippen LogP contribution in [-0.4, -0.2) is 176 Å². The molecule has 16 nitrogen and oxygen atoms in total. The first kappa shape index (κ1) is 39.8. The number of nitrogens with one attached hydrogen (secondary N) is 1. The molecule has 5 aliphatic rings. The number of hydrogen-bond donors (Lipinski definition) is 2. The first-order valence-corrected chi connectivity index (χ1v) is 20.8. The number of para-hydroxylation sites is 2. The number of aromatic hydroxyl groups is 1. The van der Waals surface area contributed by atoms with E-state index in [1.165, 1.54) is 33.6 Å². The molecule has 7 rings (SSSR count). The third-order valence-electron chi connectivity index (χ3n) is 11.1. The van der Waals surface area contributed by atoms with Gasteiger partial charge in [0.15, 0.2) is 0 Å². The topological polar surface area (TPSA) is 161 Å². The number of nitrogens with zero attached hydrogens (tertiary/aromatic N) is 8. The lowest BCUT2D eigenvalue weighted by Gasteiger charge is -2.48. The van der Waals surface area contributed by atoms with Crippen molar-refractivity contribution in [1.82, 2.24) is 28.8 Å². The predicted molar refractivity (Wildman–Crippen MR) is 213 cm³/mol. The summed E-state index contributed by atoms with van der Waals surface area (Å²) in [5.41, 5.74) is 1.46. The van der Waals surface area contributed by atoms with Crippen molar-refractivity contribution in [3.63, 3.8) is 0 Å².